The molecule has 0 bridgehead atoms. The van der Waals surface area contributed by atoms with E-state index < -0.39 is 0 Å². The minimum absolute atomic E-state index is 0.104. The highest BCUT2D eigenvalue weighted by atomic mass is 14.7. The minimum Gasteiger partial charge on any atom is -0.0622 e. The third kappa shape index (κ3) is 5.12. The van der Waals surface area contributed by atoms with Crippen molar-refractivity contribution < 1.29 is 0 Å². The first kappa shape index (κ1) is 36.0. The second-order valence-electron chi connectivity index (χ2n) is 18.7. The molecule has 0 aromatic carbocycles. The Hall–Kier alpha value is 0. The van der Waals surface area contributed by atoms with E-state index in [0.717, 1.165) is 0 Å². The van der Waals surface area contributed by atoms with Crippen LogP contribution in [0.2, 0.25) is 0 Å². The molecule has 0 aromatic rings. The van der Waals surface area contributed by atoms with Crippen LogP contribution in [0, 0.1) is 66.5 Å². The third-order valence-corrected chi connectivity index (χ3v) is 16.0. The summed E-state index contributed by atoms with van der Waals surface area (Å²) in [5.41, 5.74) is 1.62. The Kier molecular flexibility index (Phi) is 9.88. The zero-order chi connectivity index (χ0) is 29.9. The summed E-state index contributed by atoms with van der Waals surface area (Å²) in [5.74, 6) is 1.92. The van der Waals surface area contributed by atoms with E-state index in [1.165, 1.54) is 6.42 Å². The molecule has 0 unspecified atom stereocenters. The monoisotopic (exact) mass is 507 g/mol. The molecule has 0 saturated heterocycles. The Morgan fingerprint density at radius 2 is 0.583 bits per heavy atom. The lowest BCUT2D eigenvalue weighted by atomic mass is 9.36. The average molecular weight is 507 g/mol. The third-order valence-electron chi connectivity index (χ3n) is 16.0. The topological polar surface area (TPSA) is 0 Å². The molecule has 0 fully saturated rings. The molecule has 0 heterocycles. The average Bonchev–Trinajstić information content (AvgIpc) is 2.65. The SMILES string of the molecule is CC(C)C(C)(C)C(C)(C)C(C)(C)C(C)(C)C(C)(C)C(C)(C)C(C)(C)[C@H](C)C[C@@H](C)C(C)(C)C(C)(C)C. The minimum atomic E-state index is 0.104. The summed E-state index contributed by atoms with van der Waals surface area (Å²) in [4.78, 5) is 0. The molecule has 2 atom stereocenters. The lowest BCUT2D eigenvalue weighted by molar-refractivity contribution is -0.207. The molecule has 218 valence electrons. The summed E-state index contributed by atoms with van der Waals surface area (Å²) in [5, 5.41) is 0. The van der Waals surface area contributed by atoms with Gasteiger partial charge >= 0.3 is 0 Å². The maximum absolute atomic E-state index is 2.59. The van der Waals surface area contributed by atoms with E-state index in [9.17, 15) is 0 Å². The van der Waals surface area contributed by atoms with E-state index in [4.69, 9.17) is 0 Å². The van der Waals surface area contributed by atoms with Crippen molar-refractivity contribution in [3.05, 3.63) is 0 Å². The van der Waals surface area contributed by atoms with Crippen molar-refractivity contribution in [1.29, 1.82) is 0 Å². The van der Waals surface area contributed by atoms with Crippen molar-refractivity contribution in [3.63, 3.8) is 0 Å². The van der Waals surface area contributed by atoms with Gasteiger partial charge in [0, 0.05) is 0 Å². The quantitative estimate of drug-likeness (QED) is 0.261. The standard InChI is InChI=1S/C36H74/c1-25(2)29(8,9)32(14,15)34(18,19)36(22,23)35(20,21)33(16,17)31(12,13)27(4)24-26(3)30(10,11)28(5,6)7/h25-27H,24H2,1-23H3/t26-,27-/m1/s1. The van der Waals surface area contributed by atoms with Gasteiger partial charge < -0.3 is 0 Å². The molecular formula is C36H74. The number of rotatable bonds is 11. The van der Waals surface area contributed by atoms with Crippen LogP contribution in [0.4, 0.5) is 0 Å². The molecule has 0 saturated carbocycles. The highest BCUT2D eigenvalue weighted by molar-refractivity contribution is 5.12. The molecule has 0 N–H and O–H groups in total. The van der Waals surface area contributed by atoms with Gasteiger partial charge in [0.2, 0.25) is 0 Å². The zero-order valence-electron chi connectivity index (χ0n) is 29.9. The maximum atomic E-state index is 2.59. The summed E-state index contributed by atoms with van der Waals surface area (Å²) in [7, 11) is 0. The maximum Gasteiger partial charge on any atom is -0.0241 e. The Labute approximate surface area is 232 Å². The molecule has 0 spiro atoms. The normalized spacial score (nSPS) is 18.0. The second-order valence-corrected chi connectivity index (χ2v) is 18.7. The summed E-state index contributed by atoms with van der Waals surface area (Å²) >= 11 is 0. The smallest absolute Gasteiger partial charge is 0.0241 e. The van der Waals surface area contributed by atoms with Gasteiger partial charge in [-0.15, -0.1) is 0 Å². The Morgan fingerprint density at radius 3 is 0.861 bits per heavy atom. The molecule has 36 heavy (non-hydrogen) atoms. The molecule has 0 rings (SSSR count). The lowest BCUT2D eigenvalue weighted by Gasteiger charge is -2.69. The summed E-state index contributed by atoms with van der Waals surface area (Å²) < 4.78 is 0. The zero-order valence-corrected chi connectivity index (χ0v) is 29.9. The molecule has 0 amide bonds. The van der Waals surface area contributed by atoms with E-state index in [1.54, 1.807) is 0 Å². The molecular weight excluding hydrogens is 432 g/mol. The predicted octanol–water partition coefficient (Wildman–Crippen LogP) is 12.6. The largest absolute Gasteiger partial charge is 0.0622 e. The number of hydrogen-bond acceptors (Lipinski definition) is 0. The molecule has 0 aliphatic heterocycles. The van der Waals surface area contributed by atoms with Crippen LogP contribution < -0.4 is 0 Å². The van der Waals surface area contributed by atoms with Crippen LogP contribution in [0.15, 0.2) is 0 Å². The van der Waals surface area contributed by atoms with Gasteiger partial charge in [0.1, 0.15) is 0 Å². The van der Waals surface area contributed by atoms with E-state index in [-0.39, 0.29) is 37.9 Å². The molecule has 0 aromatic heterocycles. The van der Waals surface area contributed by atoms with Crippen molar-refractivity contribution in [2.75, 3.05) is 0 Å². The molecule has 0 aliphatic carbocycles. The summed E-state index contributed by atoms with van der Waals surface area (Å²) in [6.07, 6.45) is 1.27. The van der Waals surface area contributed by atoms with Crippen LogP contribution in [0.3, 0.4) is 0 Å². The van der Waals surface area contributed by atoms with Crippen molar-refractivity contribution in [1.82, 2.24) is 0 Å². The second kappa shape index (κ2) is 9.88. The number of hydrogen-bond donors (Lipinski definition) is 0. The van der Waals surface area contributed by atoms with E-state index >= 15 is 0 Å². The van der Waals surface area contributed by atoms with Gasteiger partial charge in [0.25, 0.3) is 0 Å². The van der Waals surface area contributed by atoms with Gasteiger partial charge in [-0.1, -0.05) is 159 Å². The molecule has 0 heteroatoms. The first-order valence-electron chi connectivity index (χ1n) is 15.2. The van der Waals surface area contributed by atoms with Gasteiger partial charge in [-0.2, -0.15) is 0 Å². The van der Waals surface area contributed by atoms with Crippen LogP contribution in [-0.4, -0.2) is 0 Å². The van der Waals surface area contributed by atoms with Crippen LogP contribution in [0.25, 0.3) is 0 Å². The van der Waals surface area contributed by atoms with Crippen molar-refractivity contribution in [3.8, 4) is 0 Å². The fourth-order valence-electron chi connectivity index (χ4n) is 7.15. The fraction of sp³-hybridized carbons (Fsp3) is 1.00. The summed E-state index contributed by atoms with van der Waals surface area (Å²) in [6, 6.07) is 0. The van der Waals surface area contributed by atoms with Gasteiger partial charge in [-0.3, -0.25) is 0 Å². The first-order valence-corrected chi connectivity index (χ1v) is 15.2. The van der Waals surface area contributed by atoms with Crippen LogP contribution in [0.5, 0.6) is 0 Å². The highest BCUT2D eigenvalue weighted by Crippen LogP contribution is 2.71. The highest BCUT2D eigenvalue weighted by Gasteiger charge is 2.64. The van der Waals surface area contributed by atoms with E-state index in [2.05, 4.69) is 159 Å². The van der Waals surface area contributed by atoms with Crippen LogP contribution in [0.1, 0.15) is 166 Å². The Bertz CT molecular complexity index is 724. The lowest BCUT2D eigenvalue weighted by Crippen LogP contribution is -2.62. The van der Waals surface area contributed by atoms with Crippen molar-refractivity contribution in [2.24, 2.45) is 66.5 Å². The Balaban J connectivity index is 6.59. The van der Waals surface area contributed by atoms with Gasteiger partial charge in [-0.25, -0.2) is 0 Å². The van der Waals surface area contributed by atoms with Crippen molar-refractivity contribution in [2.45, 2.75) is 166 Å². The molecule has 0 radical (unpaired) electrons. The summed E-state index contributed by atoms with van der Waals surface area (Å²) in [6.45, 7) is 57.9. The van der Waals surface area contributed by atoms with Crippen LogP contribution in [-0.2, 0) is 0 Å². The van der Waals surface area contributed by atoms with E-state index in [0.29, 0.717) is 28.6 Å². The predicted molar refractivity (Wildman–Crippen MR) is 167 cm³/mol. The van der Waals surface area contributed by atoms with Gasteiger partial charge in [0.15, 0.2) is 0 Å². The fourth-order valence-corrected chi connectivity index (χ4v) is 7.15. The molecule has 0 aliphatic rings. The van der Waals surface area contributed by atoms with E-state index in [1.807, 2.05) is 0 Å². The van der Waals surface area contributed by atoms with Crippen LogP contribution >= 0.6 is 0 Å². The molecule has 0 nitrogen and oxygen atoms in total. The Morgan fingerprint density at radius 1 is 0.333 bits per heavy atom. The first-order chi connectivity index (χ1) is 15.2. The van der Waals surface area contributed by atoms with Gasteiger partial charge in [-0.05, 0) is 72.9 Å². The van der Waals surface area contributed by atoms with Gasteiger partial charge in [0.05, 0.1) is 0 Å². The van der Waals surface area contributed by atoms with Crippen molar-refractivity contribution >= 4 is 0 Å².